The van der Waals surface area contributed by atoms with Crippen LogP contribution in [0.2, 0.25) is 5.02 Å². The molecule has 0 amide bonds. The summed E-state index contributed by atoms with van der Waals surface area (Å²) in [4.78, 5) is 24.9. The SMILES string of the molecule is CC(=O)Oc1c(C(=O)c2ccc(Cl)c(C(C)=C(C)C)c2C)cnn1CC(C)C. The molecule has 0 aliphatic heterocycles. The topological polar surface area (TPSA) is 61.2 Å². The molecule has 0 N–H and O–H groups in total. The monoisotopic (exact) mass is 402 g/mol. The molecule has 0 unspecified atom stereocenters. The van der Waals surface area contributed by atoms with Crippen molar-refractivity contribution in [3.05, 3.63) is 51.2 Å². The third-order valence-corrected chi connectivity index (χ3v) is 4.91. The summed E-state index contributed by atoms with van der Waals surface area (Å²) in [6.45, 7) is 13.8. The van der Waals surface area contributed by atoms with Gasteiger partial charge in [-0.2, -0.15) is 5.10 Å². The standard InChI is InChI=1S/C22H27ClN2O3/c1-12(2)11-25-22(28-16(7)26)18(10-24-25)21(27)17-8-9-19(23)20(15(17)6)14(5)13(3)4/h8-10,12H,11H2,1-7H3. The first-order chi connectivity index (χ1) is 13.0. The van der Waals surface area contributed by atoms with Crippen LogP contribution in [0.5, 0.6) is 5.88 Å². The molecule has 0 radical (unpaired) electrons. The molecular weight excluding hydrogens is 376 g/mol. The van der Waals surface area contributed by atoms with E-state index >= 15 is 0 Å². The normalized spacial score (nSPS) is 10.9. The maximum atomic E-state index is 13.3. The van der Waals surface area contributed by atoms with Gasteiger partial charge in [-0.15, -0.1) is 0 Å². The molecule has 0 bridgehead atoms. The third kappa shape index (κ3) is 4.53. The van der Waals surface area contributed by atoms with E-state index in [9.17, 15) is 9.59 Å². The van der Waals surface area contributed by atoms with Crippen LogP contribution in [0.25, 0.3) is 5.57 Å². The number of benzene rings is 1. The summed E-state index contributed by atoms with van der Waals surface area (Å²) in [5.41, 5.74) is 4.59. The summed E-state index contributed by atoms with van der Waals surface area (Å²) in [7, 11) is 0. The predicted octanol–water partition coefficient (Wildman–Crippen LogP) is 5.47. The molecule has 150 valence electrons. The van der Waals surface area contributed by atoms with Crippen molar-refractivity contribution in [1.82, 2.24) is 9.78 Å². The minimum absolute atomic E-state index is 0.182. The van der Waals surface area contributed by atoms with Crippen molar-refractivity contribution in [3.8, 4) is 5.88 Å². The van der Waals surface area contributed by atoms with Gasteiger partial charge in [0.05, 0.1) is 6.20 Å². The molecule has 0 saturated carbocycles. The van der Waals surface area contributed by atoms with Crippen molar-refractivity contribution in [2.24, 2.45) is 5.92 Å². The first kappa shape index (κ1) is 21.9. The minimum Gasteiger partial charge on any atom is -0.407 e. The first-order valence-corrected chi connectivity index (χ1v) is 9.64. The summed E-state index contributed by atoms with van der Waals surface area (Å²) >= 11 is 6.42. The highest BCUT2D eigenvalue weighted by Crippen LogP contribution is 2.33. The molecule has 5 nitrogen and oxygen atoms in total. The molecule has 1 aromatic carbocycles. The van der Waals surface area contributed by atoms with Crippen molar-refractivity contribution in [2.45, 2.75) is 55.0 Å². The summed E-state index contributed by atoms with van der Waals surface area (Å²) in [6.07, 6.45) is 1.46. The Hall–Kier alpha value is -2.40. The Bertz CT molecular complexity index is 951. The van der Waals surface area contributed by atoms with Gasteiger partial charge >= 0.3 is 5.97 Å². The fraction of sp³-hybridized carbons (Fsp3) is 0.409. The van der Waals surface area contributed by atoms with E-state index in [0.29, 0.717) is 17.1 Å². The zero-order valence-electron chi connectivity index (χ0n) is 17.5. The van der Waals surface area contributed by atoms with Gasteiger partial charge in [0.1, 0.15) is 5.56 Å². The van der Waals surface area contributed by atoms with Crippen LogP contribution in [-0.4, -0.2) is 21.5 Å². The van der Waals surface area contributed by atoms with Crippen molar-refractivity contribution in [3.63, 3.8) is 0 Å². The lowest BCUT2D eigenvalue weighted by atomic mass is 9.92. The highest BCUT2D eigenvalue weighted by atomic mass is 35.5. The van der Waals surface area contributed by atoms with Gasteiger partial charge in [0.15, 0.2) is 5.78 Å². The number of hydrogen-bond donors (Lipinski definition) is 0. The quantitative estimate of drug-likeness (QED) is 0.474. The van der Waals surface area contributed by atoms with E-state index in [2.05, 4.69) is 5.10 Å². The Morgan fingerprint density at radius 1 is 1.14 bits per heavy atom. The van der Waals surface area contributed by atoms with Crippen LogP contribution in [-0.2, 0) is 11.3 Å². The molecular formula is C22H27ClN2O3. The Balaban J connectivity index is 2.61. The molecule has 2 aromatic rings. The number of carbonyl (C=O) groups excluding carboxylic acids is 2. The van der Waals surface area contributed by atoms with E-state index in [0.717, 1.165) is 22.3 Å². The number of carbonyl (C=O) groups is 2. The van der Waals surface area contributed by atoms with Gasteiger partial charge in [-0.1, -0.05) is 31.0 Å². The summed E-state index contributed by atoms with van der Waals surface area (Å²) in [5.74, 6) is -0.279. The van der Waals surface area contributed by atoms with E-state index in [1.165, 1.54) is 13.1 Å². The molecule has 0 atom stereocenters. The Kier molecular flexibility index (Phi) is 6.83. The number of ketones is 1. The third-order valence-electron chi connectivity index (χ3n) is 4.60. The smallest absolute Gasteiger partial charge is 0.309 e. The fourth-order valence-electron chi connectivity index (χ4n) is 3.03. The zero-order chi connectivity index (χ0) is 21.2. The van der Waals surface area contributed by atoms with Gasteiger partial charge in [-0.05, 0) is 62.4 Å². The highest BCUT2D eigenvalue weighted by molar-refractivity contribution is 6.32. The van der Waals surface area contributed by atoms with E-state index in [1.54, 1.807) is 16.8 Å². The molecule has 1 aromatic heterocycles. The molecule has 28 heavy (non-hydrogen) atoms. The average Bonchev–Trinajstić information content (AvgIpc) is 2.95. The Labute approximate surface area is 171 Å². The van der Waals surface area contributed by atoms with Crippen LogP contribution in [0.15, 0.2) is 23.9 Å². The second kappa shape index (κ2) is 8.74. The molecule has 0 spiro atoms. The number of halogens is 1. The number of esters is 1. The highest BCUT2D eigenvalue weighted by Gasteiger charge is 2.25. The van der Waals surface area contributed by atoms with Crippen molar-refractivity contribution in [1.29, 1.82) is 0 Å². The summed E-state index contributed by atoms with van der Waals surface area (Å²) in [5, 5.41) is 4.87. The van der Waals surface area contributed by atoms with Crippen molar-refractivity contribution < 1.29 is 14.3 Å². The van der Waals surface area contributed by atoms with Crippen LogP contribution >= 0.6 is 11.6 Å². The van der Waals surface area contributed by atoms with E-state index in [1.807, 2.05) is 41.5 Å². The lowest BCUT2D eigenvalue weighted by Gasteiger charge is -2.15. The van der Waals surface area contributed by atoms with E-state index in [-0.39, 0.29) is 23.1 Å². The number of ether oxygens (including phenoxy) is 1. The number of aromatic nitrogens is 2. The lowest BCUT2D eigenvalue weighted by Crippen LogP contribution is -2.14. The number of hydrogen-bond acceptors (Lipinski definition) is 4. The average molecular weight is 403 g/mol. The Morgan fingerprint density at radius 3 is 2.32 bits per heavy atom. The molecule has 1 heterocycles. The van der Waals surface area contributed by atoms with Crippen LogP contribution < -0.4 is 4.74 Å². The maximum absolute atomic E-state index is 13.3. The largest absolute Gasteiger partial charge is 0.407 e. The molecule has 0 aliphatic rings. The van der Waals surface area contributed by atoms with Crippen LogP contribution in [0.4, 0.5) is 0 Å². The second-order valence-electron chi connectivity index (χ2n) is 7.58. The predicted molar refractivity (Wildman–Crippen MR) is 112 cm³/mol. The van der Waals surface area contributed by atoms with E-state index < -0.39 is 5.97 Å². The Morgan fingerprint density at radius 2 is 1.79 bits per heavy atom. The lowest BCUT2D eigenvalue weighted by molar-refractivity contribution is -0.132. The van der Waals surface area contributed by atoms with Crippen LogP contribution in [0, 0.1) is 12.8 Å². The van der Waals surface area contributed by atoms with Gasteiger partial charge in [0.2, 0.25) is 5.88 Å². The number of rotatable bonds is 6. The molecule has 0 aliphatic carbocycles. The molecule has 0 fully saturated rings. The number of allylic oxidation sites excluding steroid dienone is 2. The second-order valence-corrected chi connectivity index (χ2v) is 7.99. The maximum Gasteiger partial charge on any atom is 0.309 e. The number of nitrogens with zero attached hydrogens (tertiary/aromatic N) is 2. The van der Waals surface area contributed by atoms with Gasteiger partial charge in [-0.3, -0.25) is 9.59 Å². The van der Waals surface area contributed by atoms with E-state index in [4.69, 9.17) is 16.3 Å². The first-order valence-electron chi connectivity index (χ1n) is 9.27. The van der Waals surface area contributed by atoms with Gasteiger partial charge in [0, 0.05) is 24.1 Å². The van der Waals surface area contributed by atoms with Gasteiger partial charge < -0.3 is 4.74 Å². The van der Waals surface area contributed by atoms with Crippen LogP contribution in [0.1, 0.15) is 68.6 Å². The fourth-order valence-corrected chi connectivity index (χ4v) is 3.38. The van der Waals surface area contributed by atoms with Gasteiger partial charge in [-0.25, -0.2) is 4.68 Å². The summed E-state index contributed by atoms with van der Waals surface area (Å²) in [6, 6.07) is 3.44. The molecule has 2 rings (SSSR count). The van der Waals surface area contributed by atoms with Crippen molar-refractivity contribution in [2.75, 3.05) is 0 Å². The molecule has 0 saturated heterocycles. The van der Waals surface area contributed by atoms with Crippen LogP contribution in [0.3, 0.4) is 0 Å². The van der Waals surface area contributed by atoms with Gasteiger partial charge in [0.25, 0.3) is 0 Å². The van der Waals surface area contributed by atoms with Crippen molar-refractivity contribution >= 4 is 28.9 Å². The zero-order valence-corrected chi connectivity index (χ0v) is 18.3. The minimum atomic E-state index is -0.492. The molecule has 6 heteroatoms. The summed E-state index contributed by atoms with van der Waals surface area (Å²) < 4.78 is 6.91.